The zero-order valence-corrected chi connectivity index (χ0v) is 19.4. The van der Waals surface area contributed by atoms with Crippen LogP contribution in [0.25, 0.3) is 11.3 Å². The molecule has 1 aromatic carbocycles. The molecule has 0 radical (unpaired) electrons. The van der Waals surface area contributed by atoms with Crippen LogP contribution in [0.15, 0.2) is 36.7 Å². The molecule has 1 unspecified atom stereocenters. The van der Waals surface area contributed by atoms with E-state index in [1.165, 1.54) is 13.2 Å². The standard InChI is InChI=1S/C26H29FN4O3/c1-15-5-4-12-34-20-14-28-11-10-17(20)23-24(30-19-7-3-6-18(27)25(19)33-2)21-22(31-23)16(9-8-15)13-29-26(21)32/h3,6-7,10-11,14-16,30-31H,4-5,8-9,12-13H2,1-2H3,(H,29,32)/t15?,16-/m0/s1. The van der Waals surface area contributed by atoms with Gasteiger partial charge in [-0.05, 0) is 43.4 Å². The maximum Gasteiger partial charge on any atom is 0.255 e. The molecule has 3 N–H and O–H groups in total. The summed E-state index contributed by atoms with van der Waals surface area (Å²) in [5.74, 6) is 0.797. The largest absolute Gasteiger partial charge is 0.492 e. The van der Waals surface area contributed by atoms with Gasteiger partial charge in [-0.15, -0.1) is 0 Å². The van der Waals surface area contributed by atoms with Gasteiger partial charge in [-0.1, -0.05) is 19.4 Å². The molecule has 2 atom stereocenters. The molecule has 3 aromatic rings. The predicted molar refractivity (Wildman–Crippen MR) is 128 cm³/mol. The Hall–Kier alpha value is -3.55. The van der Waals surface area contributed by atoms with Crippen molar-refractivity contribution in [3.8, 4) is 22.8 Å². The summed E-state index contributed by atoms with van der Waals surface area (Å²) in [5.41, 5.74) is 3.95. The number of pyridine rings is 1. The molecule has 8 heteroatoms. The van der Waals surface area contributed by atoms with Crippen molar-refractivity contribution in [3.63, 3.8) is 0 Å². The van der Waals surface area contributed by atoms with Crippen LogP contribution in [-0.4, -0.2) is 36.1 Å². The topological polar surface area (TPSA) is 88.3 Å². The number of nitrogens with one attached hydrogen (secondary N) is 3. The van der Waals surface area contributed by atoms with E-state index >= 15 is 0 Å². The highest BCUT2D eigenvalue weighted by molar-refractivity contribution is 6.07. The van der Waals surface area contributed by atoms with Gasteiger partial charge < -0.3 is 25.1 Å². The van der Waals surface area contributed by atoms with Crippen molar-refractivity contribution in [2.24, 2.45) is 5.92 Å². The van der Waals surface area contributed by atoms with Gasteiger partial charge in [-0.2, -0.15) is 0 Å². The van der Waals surface area contributed by atoms with Crippen LogP contribution in [-0.2, 0) is 0 Å². The Balaban J connectivity index is 1.70. The molecule has 2 bridgehead atoms. The van der Waals surface area contributed by atoms with Gasteiger partial charge in [0.2, 0.25) is 0 Å². The lowest BCUT2D eigenvalue weighted by molar-refractivity contribution is 0.0939. The quantitative estimate of drug-likeness (QED) is 0.484. The molecule has 0 saturated carbocycles. The van der Waals surface area contributed by atoms with Crippen LogP contribution in [0.1, 0.15) is 54.6 Å². The Bertz CT molecular complexity index is 1210. The van der Waals surface area contributed by atoms with Crippen molar-refractivity contribution in [2.75, 3.05) is 25.6 Å². The van der Waals surface area contributed by atoms with E-state index in [9.17, 15) is 9.18 Å². The summed E-state index contributed by atoms with van der Waals surface area (Å²) >= 11 is 0. The lowest BCUT2D eigenvalue weighted by atomic mass is 9.88. The van der Waals surface area contributed by atoms with E-state index in [-0.39, 0.29) is 17.6 Å². The Labute approximate surface area is 198 Å². The summed E-state index contributed by atoms with van der Waals surface area (Å²) in [4.78, 5) is 21.0. The first-order valence-corrected chi connectivity index (χ1v) is 11.8. The van der Waals surface area contributed by atoms with E-state index in [4.69, 9.17) is 9.47 Å². The number of carbonyl (C=O) groups excluding carboxylic acids is 1. The number of halogens is 1. The van der Waals surface area contributed by atoms with Gasteiger partial charge in [-0.3, -0.25) is 9.78 Å². The number of hydrogen-bond acceptors (Lipinski definition) is 5. The van der Waals surface area contributed by atoms with Crippen molar-refractivity contribution in [1.82, 2.24) is 15.3 Å². The van der Waals surface area contributed by atoms with Crippen LogP contribution in [0.3, 0.4) is 0 Å². The molecular formula is C26H29FN4O3. The highest BCUT2D eigenvalue weighted by Crippen LogP contribution is 2.44. The normalized spacial score (nSPS) is 20.0. The third kappa shape index (κ3) is 4.08. The number of nitrogens with zero attached hydrogens (tertiary/aromatic N) is 1. The predicted octanol–water partition coefficient (Wildman–Crippen LogP) is 5.38. The molecule has 4 heterocycles. The molecule has 0 aliphatic carbocycles. The fourth-order valence-corrected chi connectivity index (χ4v) is 4.94. The van der Waals surface area contributed by atoms with Gasteiger partial charge in [0.05, 0.1) is 42.5 Å². The lowest BCUT2D eigenvalue weighted by Gasteiger charge is -2.25. The first-order valence-electron chi connectivity index (χ1n) is 11.8. The molecule has 0 fully saturated rings. The van der Waals surface area contributed by atoms with Gasteiger partial charge in [-0.25, -0.2) is 4.39 Å². The van der Waals surface area contributed by atoms with E-state index in [1.54, 1.807) is 24.5 Å². The minimum Gasteiger partial charge on any atom is -0.492 e. The van der Waals surface area contributed by atoms with E-state index in [0.29, 0.717) is 47.5 Å². The maximum atomic E-state index is 14.4. The number of aromatic amines is 1. The molecule has 2 aromatic heterocycles. The lowest BCUT2D eigenvalue weighted by Crippen LogP contribution is -2.35. The summed E-state index contributed by atoms with van der Waals surface area (Å²) in [5, 5.41) is 6.36. The molecule has 0 spiro atoms. The number of ether oxygens (including phenoxy) is 2. The molecular weight excluding hydrogens is 435 g/mol. The molecule has 1 amide bonds. The fraction of sp³-hybridized carbons (Fsp3) is 0.385. The fourth-order valence-electron chi connectivity index (χ4n) is 4.94. The summed E-state index contributed by atoms with van der Waals surface area (Å²) in [7, 11) is 1.42. The number of para-hydroxylation sites is 1. The SMILES string of the molecule is COc1c(F)cccc1Nc1c2[nH]c3c1C(=O)NC[C@@H]3CCC(C)CCCOc1cnccc1-2. The van der Waals surface area contributed by atoms with Gasteiger partial charge in [0.25, 0.3) is 5.91 Å². The molecule has 2 aliphatic rings. The molecule has 5 rings (SSSR count). The van der Waals surface area contributed by atoms with Gasteiger partial charge in [0.1, 0.15) is 5.75 Å². The van der Waals surface area contributed by atoms with E-state index < -0.39 is 5.82 Å². The van der Waals surface area contributed by atoms with Crippen LogP contribution < -0.4 is 20.1 Å². The van der Waals surface area contributed by atoms with Crippen molar-refractivity contribution >= 4 is 17.3 Å². The summed E-state index contributed by atoms with van der Waals surface area (Å²) in [6.07, 6.45) is 7.46. The van der Waals surface area contributed by atoms with Crippen molar-refractivity contribution in [2.45, 2.75) is 38.5 Å². The van der Waals surface area contributed by atoms with Gasteiger partial charge >= 0.3 is 0 Å². The number of aromatic nitrogens is 2. The van der Waals surface area contributed by atoms with E-state index in [0.717, 1.165) is 36.9 Å². The Morgan fingerprint density at radius 3 is 2.97 bits per heavy atom. The monoisotopic (exact) mass is 464 g/mol. The van der Waals surface area contributed by atoms with Gasteiger partial charge in [0, 0.05) is 29.9 Å². The van der Waals surface area contributed by atoms with Crippen LogP contribution in [0.2, 0.25) is 0 Å². The van der Waals surface area contributed by atoms with E-state index in [1.807, 2.05) is 6.07 Å². The minimum atomic E-state index is -0.482. The smallest absolute Gasteiger partial charge is 0.255 e. The zero-order valence-electron chi connectivity index (χ0n) is 19.4. The van der Waals surface area contributed by atoms with Crippen molar-refractivity contribution in [1.29, 1.82) is 0 Å². The third-order valence-corrected chi connectivity index (χ3v) is 6.76. The van der Waals surface area contributed by atoms with Crippen LogP contribution in [0.4, 0.5) is 15.8 Å². The number of fused-ring (bicyclic) bond motifs is 3. The number of H-pyrrole nitrogens is 1. The molecule has 2 aliphatic heterocycles. The third-order valence-electron chi connectivity index (χ3n) is 6.76. The van der Waals surface area contributed by atoms with Crippen LogP contribution in [0, 0.1) is 11.7 Å². The second kappa shape index (κ2) is 9.37. The average molecular weight is 465 g/mol. The number of amides is 1. The Kier molecular flexibility index (Phi) is 6.13. The number of hydrogen-bond donors (Lipinski definition) is 3. The number of rotatable bonds is 3. The summed E-state index contributed by atoms with van der Waals surface area (Å²) in [6.45, 7) is 3.44. The van der Waals surface area contributed by atoms with Crippen molar-refractivity contribution < 1.29 is 18.7 Å². The highest BCUT2D eigenvalue weighted by Gasteiger charge is 2.34. The molecule has 34 heavy (non-hydrogen) atoms. The zero-order chi connectivity index (χ0) is 23.7. The van der Waals surface area contributed by atoms with Gasteiger partial charge in [0.15, 0.2) is 11.6 Å². The van der Waals surface area contributed by atoms with Crippen LogP contribution >= 0.6 is 0 Å². The van der Waals surface area contributed by atoms with Crippen LogP contribution in [0.5, 0.6) is 11.5 Å². The summed E-state index contributed by atoms with van der Waals surface area (Å²) in [6, 6.07) is 6.55. The Morgan fingerprint density at radius 2 is 2.12 bits per heavy atom. The number of methoxy groups -OCH3 is 1. The van der Waals surface area contributed by atoms with E-state index in [2.05, 4.69) is 27.5 Å². The highest BCUT2D eigenvalue weighted by atomic mass is 19.1. The number of carbonyl (C=O) groups is 1. The summed E-state index contributed by atoms with van der Waals surface area (Å²) < 4.78 is 25.9. The molecule has 178 valence electrons. The number of anilines is 2. The first kappa shape index (κ1) is 22.3. The second-order valence-corrected chi connectivity index (χ2v) is 9.06. The molecule has 7 nitrogen and oxygen atoms in total. The minimum absolute atomic E-state index is 0.0885. The first-order chi connectivity index (χ1) is 16.6. The number of benzene rings is 1. The molecule has 0 saturated heterocycles. The Morgan fingerprint density at radius 1 is 1.24 bits per heavy atom. The van der Waals surface area contributed by atoms with Crippen molar-refractivity contribution in [3.05, 3.63) is 53.7 Å². The second-order valence-electron chi connectivity index (χ2n) is 9.06. The maximum absolute atomic E-state index is 14.4. The average Bonchev–Trinajstić information content (AvgIpc) is 3.21.